The molecule has 0 saturated heterocycles. The van der Waals surface area contributed by atoms with Crippen LogP contribution >= 0.6 is 0 Å². The zero-order chi connectivity index (χ0) is 28.4. The van der Waals surface area contributed by atoms with E-state index in [0.717, 1.165) is 28.9 Å². The monoisotopic (exact) mass is 555 g/mol. The van der Waals surface area contributed by atoms with Crippen LogP contribution in [0.1, 0.15) is 47.3 Å². The van der Waals surface area contributed by atoms with Crippen LogP contribution in [0.2, 0.25) is 0 Å². The van der Waals surface area contributed by atoms with Gasteiger partial charge < -0.3 is 4.74 Å². The molecule has 40 heavy (non-hydrogen) atoms. The number of amides is 1. The number of nitrogens with zero attached hydrogens (tertiary/aromatic N) is 2. The number of nitrogens with one attached hydrogen (secondary N) is 1. The summed E-state index contributed by atoms with van der Waals surface area (Å²) in [5.41, 5.74) is 6.20. The average Bonchev–Trinajstić information content (AvgIpc) is 3.00. The normalized spacial score (nSPS) is 11.8. The van der Waals surface area contributed by atoms with Gasteiger partial charge in [-0.3, -0.25) is 4.79 Å². The number of carbonyl (C=O) groups is 1. The summed E-state index contributed by atoms with van der Waals surface area (Å²) in [6.45, 7) is 4.91. The summed E-state index contributed by atoms with van der Waals surface area (Å²) >= 11 is 0. The lowest BCUT2D eigenvalue weighted by atomic mass is 10.1. The highest BCUT2D eigenvalue weighted by atomic mass is 32.2. The minimum absolute atomic E-state index is 0.156. The van der Waals surface area contributed by atoms with Crippen LogP contribution in [0.5, 0.6) is 5.75 Å². The summed E-state index contributed by atoms with van der Waals surface area (Å²) < 4.78 is 34.0. The quantitative estimate of drug-likeness (QED) is 0.171. The van der Waals surface area contributed by atoms with Crippen LogP contribution in [-0.4, -0.2) is 30.9 Å². The Morgan fingerprint density at radius 2 is 1.32 bits per heavy atom. The van der Waals surface area contributed by atoms with Crippen LogP contribution in [0.3, 0.4) is 0 Å². The lowest BCUT2D eigenvalue weighted by Gasteiger charge is -2.22. The van der Waals surface area contributed by atoms with E-state index in [1.54, 1.807) is 54.6 Å². The molecule has 0 aliphatic rings. The lowest BCUT2D eigenvalue weighted by molar-refractivity contribution is 0.0954. The molecule has 0 unspecified atom stereocenters. The van der Waals surface area contributed by atoms with Gasteiger partial charge >= 0.3 is 0 Å². The van der Waals surface area contributed by atoms with E-state index < -0.39 is 10.0 Å². The largest absolute Gasteiger partial charge is 0.494 e. The molecule has 0 aliphatic carbocycles. The summed E-state index contributed by atoms with van der Waals surface area (Å²) in [5.74, 6) is 0.438. The standard InChI is InChI=1S/C32H33N3O4S/c1-3-22-39-30-20-18-28(19-21-30)25(2)33-34-32(36)29-16-14-27(15-17-29)24-35(23-26-10-6-4-7-11-26)40(37,38)31-12-8-5-9-13-31/h4-21H,3,22-24H2,1-2H3,(H,34,36). The lowest BCUT2D eigenvalue weighted by Crippen LogP contribution is -2.30. The number of hydrazone groups is 1. The van der Waals surface area contributed by atoms with Crippen molar-refractivity contribution >= 4 is 21.6 Å². The fraction of sp³-hybridized carbons (Fsp3) is 0.188. The fourth-order valence-electron chi connectivity index (χ4n) is 4.00. The van der Waals surface area contributed by atoms with Gasteiger partial charge in [-0.15, -0.1) is 0 Å². The molecule has 4 rings (SSSR count). The molecule has 1 amide bonds. The van der Waals surface area contributed by atoms with E-state index >= 15 is 0 Å². The molecule has 0 atom stereocenters. The summed E-state index contributed by atoms with van der Waals surface area (Å²) in [6.07, 6.45) is 0.938. The van der Waals surface area contributed by atoms with Gasteiger partial charge in [-0.2, -0.15) is 9.41 Å². The Morgan fingerprint density at radius 3 is 1.93 bits per heavy atom. The molecule has 0 bridgehead atoms. The molecule has 0 radical (unpaired) electrons. The summed E-state index contributed by atoms with van der Waals surface area (Å²) in [4.78, 5) is 13.0. The van der Waals surface area contributed by atoms with Gasteiger partial charge in [0, 0.05) is 18.7 Å². The summed E-state index contributed by atoms with van der Waals surface area (Å²) in [5, 5.41) is 4.23. The highest BCUT2D eigenvalue weighted by Crippen LogP contribution is 2.21. The Kier molecular flexibility index (Phi) is 9.83. The van der Waals surface area contributed by atoms with Gasteiger partial charge in [0.05, 0.1) is 17.2 Å². The third-order valence-corrected chi connectivity index (χ3v) is 8.03. The number of hydrogen-bond acceptors (Lipinski definition) is 5. The third-order valence-electron chi connectivity index (χ3n) is 6.23. The van der Waals surface area contributed by atoms with Crippen molar-refractivity contribution in [2.45, 2.75) is 38.3 Å². The molecule has 4 aromatic carbocycles. The minimum atomic E-state index is -3.75. The van der Waals surface area contributed by atoms with Crippen molar-refractivity contribution in [1.82, 2.24) is 9.73 Å². The zero-order valence-corrected chi connectivity index (χ0v) is 23.5. The maximum atomic E-state index is 13.5. The van der Waals surface area contributed by atoms with E-state index in [4.69, 9.17) is 4.74 Å². The van der Waals surface area contributed by atoms with Crippen LogP contribution in [0, 0.1) is 0 Å². The molecular weight excluding hydrogens is 522 g/mol. The Morgan fingerprint density at radius 1 is 0.775 bits per heavy atom. The highest BCUT2D eigenvalue weighted by Gasteiger charge is 2.25. The first kappa shape index (κ1) is 28.7. The van der Waals surface area contributed by atoms with E-state index in [1.807, 2.05) is 61.5 Å². The molecule has 0 heterocycles. The predicted molar refractivity (Wildman–Crippen MR) is 158 cm³/mol. The minimum Gasteiger partial charge on any atom is -0.494 e. The smallest absolute Gasteiger partial charge is 0.271 e. The number of rotatable bonds is 12. The molecule has 0 spiro atoms. The van der Waals surface area contributed by atoms with E-state index in [0.29, 0.717) is 17.9 Å². The van der Waals surface area contributed by atoms with E-state index in [9.17, 15) is 13.2 Å². The van der Waals surface area contributed by atoms with Crippen LogP contribution in [-0.2, 0) is 23.1 Å². The van der Waals surface area contributed by atoms with Crippen LogP contribution in [0.25, 0.3) is 0 Å². The van der Waals surface area contributed by atoms with Crippen LogP contribution in [0.15, 0.2) is 119 Å². The van der Waals surface area contributed by atoms with E-state index in [-0.39, 0.29) is 23.9 Å². The Bertz CT molecular complexity index is 1520. The third kappa shape index (κ3) is 7.65. The van der Waals surface area contributed by atoms with Crippen molar-refractivity contribution in [2.75, 3.05) is 6.61 Å². The first-order valence-electron chi connectivity index (χ1n) is 13.1. The molecule has 0 fully saturated rings. The number of carbonyl (C=O) groups excluding carboxylic acids is 1. The number of benzene rings is 4. The second-order valence-corrected chi connectivity index (χ2v) is 11.2. The van der Waals surface area contributed by atoms with Crippen molar-refractivity contribution in [3.63, 3.8) is 0 Å². The number of ether oxygens (including phenoxy) is 1. The molecule has 7 nitrogen and oxygen atoms in total. The van der Waals surface area contributed by atoms with Gasteiger partial charge in [0.25, 0.3) is 5.91 Å². The van der Waals surface area contributed by atoms with Gasteiger partial charge in [-0.1, -0.05) is 67.6 Å². The molecule has 0 aromatic heterocycles. The Labute approximate surface area is 236 Å². The van der Waals surface area contributed by atoms with Gasteiger partial charge in [0.2, 0.25) is 10.0 Å². The van der Waals surface area contributed by atoms with Crippen molar-refractivity contribution in [3.05, 3.63) is 131 Å². The van der Waals surface area contributed by atoms with Crippen LogP contribution < -0.4 is 10.2 Å². The van der Waals surface area contributed by atoms with E-state index in [2.05, 4.69) is 17.5 Å². The predicted octanol–water partition coefficient (Wildman–Crippen LogP) is 6.02. The molecular formula is C32H33N3O4S. The van der Waals surface area contributed by atoms with Crippen LogP contribution in [0.4, 0.5) is 0 Å². The highest BCUT2D eigenvalue weighted by molar-refractivity contribution is 7.89. The second kappa shape index (κ2) is 13.7. The zero-order valence-electron chi connectivity index (χ0n) is 22.7. The second-order valence-electron chi connectivity index (χ2n) is 9.28. The van der Waals surface area contributed by atoms with Gasteiger partial charge in [-0.25, -0.2) is 13.8 Å². The van der Waals surface area contributed by atoms with Crippen molar-refractivity contribution in [2.24, 2.45) is 5.10 Å². The maximum Gasteiger partial charge on any atom is 0.271 e. The Hall–Kier alpha value is -4.27. The molecule has 0 aliphatic heterocycles. The van der Waals surface area contributed by atoms with Gasteiger partial charge in [0.1, 0.15) is 5.75 Å². The fourth-order valence-corrected chi connectivity index (χ4v) is 5.43. The first-order chi connectivity index (χ1) is 19.4. The molecule has 0 saturated carbocycles. The van der Waals surface area contributed by atoms with Gasteiger partial charge in [0.15, 0.2) is 0 Å². The SMILES string of the molecule is CCCOc1ccc(C(C)=NNC(=O)c2ccc(CN(Cc3ccccc3)S(=O)(=O)c3ccccc3)cc2)cc1. The maximum absolute atomic E-state index is 13.5. The first-order valence-corrected chi connectivity index (χ1v) is 14.6. The van der Waals surface area contributed by atoms with Crippen molar-refractivity contribution in [3.8, 4) is 5.75 Å². The molecule has 1 N–H and O–H groups in total. The molecule has 4 aromatic rings. The Balaban J connectivity index is 1.44. The summed E-state index contributed by atoms with van der Waals surface area (Å²) in [7, 11) is -3.75. The average molecular weight is 556 g/mol. The van der Waals surface area contributed by atoms with Crippen molar-refractivity contribution < 1.29 is 17.9 Å². The summed E-state index contributed by atoms with van der Waals surface area (Å²) in [6, 6.07) is 32.3. The van der Waals surface area contributed by atoms with Crippen molar-refractivity contribution in [1.29, 1.82) is 0 Å². The molecule has 206 valence electrons. The number of hydrogen-bond donors (Lipinski definition) is 1. The molecule has 8 heteroatoms. The van der Waals surface area contributed by atoms with E-state index in [1.165, 1.54) is 4.31 Å². The number of sulfonamides is 1. The van der Waals surface area contributed by atoms with Gasteiger partial charge in [-0.05, 0) is 78.6 Å². The topological polar surface area (TPSA) is 88.1 Å².